The maximum absolute atomic E-state index is 12.4. The lowest BCUT2D eigenvalue weighted by Gasteiger charge is -2.34. The van der Waals surface area contributed by atoms with Gasteiger partial charge in [0.2, 0.25) is 0 Å². The third-order valence-corrected chi connectivity index (χ3v) is 4.48. The maximum atomic E-state index is 12.4. The van der Waals surface area contributed by atoms with Gasteiger partial charge in [-0.05, 0) is 42.9 Å². The number of benzene rings is 1. The van der Waals surface area contributed by atoms with Gasteiger partial charge in [0.15, 0.2) is 0 Å². The molecule has 0 aliphatic heterocycles. The van der Waals surface area contributed by atoms with Gasteiger partial charge in [-0.3, -0.25) is 4.79 Å². The number of methoxy groups -OCH3 is 1. The molecule has 21 heavy (non-hydrogen) atoms. The Morgan fingerprint density at radius 3 is 2.67 bits per heavy atom. The second kappa shape index (κ2) is 6.83. The number of hydrogen-bond acceptors (Lipinski definition) is 3. The molecule has 4 heteroatoms. The van der Waals surface area contributed by atoms with Crippen molar-refractivity contribution in [2.24, 2.45) is 11.8 Å². The summed E-state index contributed by atoms with van der Waals surface area (Å²) >= 11 is 0. The van der Waals surface area contributed by atoms with Gasteiger partial charge in [0.05, 0.1) is 12.8 Å². The molecule has 1 fully saturated rings. The Hall–Kier alpha value is -1.71. The Bertz CT molecular complexity index is 500. The average Bonchev–Trinajstić information content (AvgIpc) is 2.47. The molecule has 1 aromatic carbocycles. The van der Waals surface area contributed by atoms with Crippen LogP contribution in [0.25, 0.3) is 0 Å². The SMILES string of the molecule is COc1ccc(C(=O)NC2CCCCC2C(C)C)cc1N. The van der Waals surface area contributed by atoms with Crippen LogP contribution in [0.4, 0.5) is 5.69 Å². The average molecular weight is 290 g/mol. The highest BCUT2D eigenvalue weighted by atomic mass is 16.5. The van der Waals surface area contributed by atoms with Gasteiger partial charge < -0.3 is 15.8 Å². The molecular weight excluding hydrogens is 264 g/mol. The molecule has 0 aromatic heterocycles. The third-order valence-electron chi connectivity index (χ3n) is 4.48. The van der Waals surface area contributed by atoms with Gasteiger partial charge in [0.25, 0.3) is 5.91 Å². The van der Waals surface area contributed by atoms with Crippen molar-refractivity contribution >= 4 is 11.6 Å². The van der Waals surface area contributed by atoms with E-state index in [1.807, 2.05) is 0 Å². The van der Waals surface area contributed by atoms with Crippen LogP contribution in [0.3, 0.4) is 0 Å². The fourth-order valence-corrected chi connectivity index (χ4v) is 3.26. The number of amides is 1. The zero-order chi connectivity index (χ0) is 15.4. The number of carbonyl (C=O) groups excluding carboxylic acids is 1. The van der Waals surface area contributed by atoms with E-state index in [0.717, 1.165) is 6.42 Å². The van der Waals surface area contributed by atoms with E-state index < -0.39 is 0 Å². The Morgan fingerprint density at radius 1 is 1.33 bits per heavy atom. The molecule has 0 radical (unpaired) electrons. The smallest absolute Gasteiger partial charge is 0.251 e. The minimum absolute atomic E-state index is 0.0399. The first-order chi connectivity index (χ1) is 10.0. The van der Waals surface area contributed by atoms with Crippen molar-refractivity contribution in [2.45, 2.75) is 45.6 Å². The number of nitrogen functional groups attached to an aromatic ring is 1. The summed E-state index contributed by atoms with van der Waals surface area (Å²) in [6, 6.07) is 5.46. The molecule has 0 bridgehead atoms. The number of rotatable bonds is 4. The normalized spacial score (nSPS) is 22.1. The van der Waals surface area contributed by atoms with Crippen LogP contribution in [0, 0.1) is 11.8 Å². The lowest BCUT2D eigenvalue weighted by Crippen LogP contribution is -2.43. The predicted octanol–water partition coefficient (Wildman–Crippen LogP) is 3.22. The largest absolute Gasteiger partial charge is 0.495 e. The summed E-state index contributed by atoms with van der Waals surface area (Å²) in [6.07, 6.45) is 4.73. The molecule has 0 saturated heterocycles. The fourth-order valence-electron chi connectivity index (χ4n) is 3.26. The minimum atomic E-state index is -0.0399. The number of carbonyl (C=O) groups is 1. The summed E-state index contributed by atoms with van der Waals surface area (Å²) in [6.45, 7) is 4.47. The zero-order valence-corrected chi connectivity index (χ0v) is 13.2. The topological polar surface area (TPSA) is 64.3 Å². The fraction of sp³-hybridized carbons (Fsp3) is 0.588. The van der Waals surface area contributed by atoms with Crippen molar-refractivity contribution < 1.29 is 9.53 Å². The minimum Gasteiger partial charge on any atom is -0.495 e. The van der Waals surface area contributed by atoms with Gasteiger partial charge in [-0.15, -0.1) is 0 Å². The molecule has 0 spiro atoms. The lowest BCUT2D eigenvalue weighted by molar-refractivity contribution is 0.0889. The summed E-state index contributed by atoms with van der Waals surface area (Å²) in [4.78, 5) is 12.4. The summed E-state index contributed by atoms with van der Waals surface area (Å²) in [5, 5.41) is 3.20. The molecule has 1 saturated carbocycles. The van der Waals surface area contributed by atoms with Crippen molar-refractivity contribution in [1.82, 2.24) is 5.32 Å². The summed E-state index contributed by atoms with van der Waals surface area (Å²) < 4.78 is 5.12. The van der Waals surface area contributed by atoms with Gasteiger partial charge in [-0.2, -0.15) is 0 Å². The van der Waals surface area contributed by atoms with E-state index in [1.165, 1.54) is 19.3 Å². The third kappa shape index (κ3) is 3.69. The standard InChI is InChI=1S/C17H26N2O2/c1-11(2)13-6-4-5-7-15(13)19-17(20)12-8-9-16(21-3)14(18)10-12/h8-11,13,15H,4-7,18H2,1-3H3,(H,19,20). The molecule has 2 unspecified atom stereocenters. The lowest BCUT2D eigenvalue weighted by atomic mass is 9.78. The molecular formula is C17H26N2O2. The van der Waals surface area contributed by atoms with Crippen molar-refractivity contribution in [2.75, 3.05) is 12.8 Å². The van der Waals surface area contributed by atoms with Crippen LogP contribution < -0.4 is 15.8 Å². The highest BCUT2D eigenvalue weighted by Gasteiger charge is 2.28. The molecule has 4 nitrogen and oxygen atoms in total. The van der Waals surface area contributed by atoms with E-state index in [1.54, 1.807) is 25.3 Å². The Balaban J connectivity index is 2.07. The van der Waals surface area contributed by atoms with Gasteiger partial charge in [0.1, 0.15) is 5.75 Å². The molecule has 3 N–H and O–H groups in total. The van der Waals surface area contributed by atoms with Crippen LogP contribution in [-0.2, 0) is 0 Å². The van der Waals surface area contributed by atoms with E-state index in [4.69, 9.17) is 10.5 Å². The van der Waals surface area contributed by atoms with Crippen LogP contribution in [0.5, 0.6) is 5.75 Å². The number of anilines is 1. The molecule has 2 atom stereocenters. The van der Waals surface area contributed by atoms with E-state index in [-0.39, 0.29) is 11.9 Å². The second-order valence-electron chi connectivity index (χ2n) is 6.23. The summed E-state index contributed by atoms with van der Waals surface area (Å²) in [7, 11) is 1.57. The molecule has 1 aliphatic carbocycles. The van der Waals surface area contributed by atoms with Crippen molar-refractivity contribution in [1.29, 1.82) is 0 Å². The molecule has 1 aliphatic rings. The first-order valence-electron chi connectivity index (χ1n) is 7.77. The first-order valence-corrected chi connectivity index (χ1v) is 7.77. The number of ether oxygens (including phenoxy) is 1. The van der Waals surface area contributed by atoms with E-state index in [9.17, 15) is 4.79 Å². The number of hydrogen-bond donors (Lipinski definition) is 2. The second-order valence-corrected chi connectivity index (χ2v) is 6.23. The molecule has 1 aromatic rings. The van der Waals surface area contributed by atoms with Crippen LogP contribution in [0.15, 0.2) is 18.2 Å². The quantitative estimate of drug-likeness (QED) is 0.837. The van der Waals surface area contributed by atoms with Gasteiger partial charge in [-0.25, -0.2) is 0 Å². The van der Waals surface area contributed by atoms with Crippen LogP contribution in [0.1, 0.15) is 49.9 Å². The van der Waals surface area contributed by atoms with Crippen molar-refractivity contribution in [3.63, 3.8) is 0 Å². The van der Waals surface area contributed by atoms with Gasteiger partial charge in [-0.1, -0.05) is 26.7 Å². The van der Waals surface area contributed by atoms with Crippen molar-refractivity contribution in [3.8, 4) is 5.75 Å². The molecule has 0 heterocycles. The van der Waals surface area contributed by atoms with Crippen molar-refractivity contribution in [3.05, 3.63) is 23.8 Å². The van der Waals surface area contributed by atoms with Crippen LogP contribution >= 0.6 is 0 Å². The van der Waals surface area contributed by atoms with E-state index >= 15 is 0 Å². The molecule has 1 amide bonds. The first kappa shape index (κ1) is 15.7. The Morgan fingerprint density at radius 2 is 2.05 bits per heavy atom. The van der Waals surface area contributed by atoms with Crippen LogP contribution in [-0.4, -0.2) is 19.1 Å². The number of nitrogens with one attached hydrogen (secondary N) is 1. The maximum Gasteiger partial charge on any atom is 0.251 e. The predicted molar refractivity (Wildman–Crippen MR) is 85.5 cm³/mol. The summed E-state index contributed by atoms with van der Waals surface area (Å²) in [5.74, 6) is 1.72. The molecule has 116 valence electrons. The zero-order valence-electron chi connectivity index (χ0n) is 13.2. The number of nitrogens with two attached hydrogens (primary N) is 1. The Labute approximate surface area is 127 Å². The van der Waals surface area contributed by atoms with Crippen LogP contribution in [0.2, 0.25) is 0 Å². The highest BCUT2D eigenvalue weighted by molar-refractivity contribution is 5.95. The highest BCUT2D eigenvalue weighted by Crippen LogP contribution is 2.30. The Kier molecular flexibility index (Phi) is 5.10. The summed E-state index contributed by atoms with van der Waals surface area (Å²) in [5.41, 5.74) is 6.97. The monoisotopic (exact) mass is 290 g/mol. The molecule has 2 rings (SSSR count). The van der Waals surface area contributed by atoms with Gasteiger partial charge in [0, 0.05) is 11.6 Å². The van der Waals surface area contributed by atoms with E-state index in [0.29, 0.717) is 28.8 Å². The van der Waals surface area contributed by atoms with E-state index in [2.05, 4.69) is 19.2 Å². The van der Waals surface area contributed by atoms with Gasteiger partial charge >= 0.3 is 0 Å².